The lowest BCUT2D eigenvalue weighted by atomic mass is 9.88. The van der Waals surface area contributed by atoms with Crippen molar-refractivity contribution >= 4 is 5.91 Å². The van der Waals surface area contributed by atoms with Crippen LogP contribution in [0.15, 0.2) is 122 Å². The number of carbonyl (C=O) groups is 1. The summed E-state index contributed by atoms with van der Waals surface area (Å²) < 4.78 is 1.74. The molecular formula is C30H26N4O. The first-order chi connectivity index (χ1) is 17.3. The van der Waals surface area contributed by atoms with Crippen molar-refractivity contribution in [2.45, 2.75) is 12.3 Å². The molecular weight excluding hydrogens is 432 g/mol. The Balaban J connectivity index is 1.38. The van der Waals surface area contributed by atoms with Crippen LogP contribution in [-0.2, 0) is 0 Å². The standard InChI is InChI=1S/C30H26N4O/c35-30(32-20-18-27(23-11-4-1-5-12-23)24-13-6-2-7-14-24)28-22-34(26-16-8-3-9-17-26)33-29(28)25-15-10-19-31-21-25/h1-17,19,21-22,27H,18,20H2,(H,32,35). The number of rotatable bonds is 8. The van der Waals surface area contributed by atoms with Crippen LogP contribution in [0, 0.1) is 0 Å². The summed E-state index contributed by atoms with van der Waals surface area (Å²) in [4.78, 5) is 17.6. The van der Waals surface area contributed by atoms with Gasteiger partial charge in [0, 0.05) is 36.6 Å². The van der Waals surface area contributed by atoms with Gasteiger partial charge in [0.2, 0.25) is 0 Å². The third kappa shape index (κ3) is 5.20. The molecule has 0 radical (unpaired) electrons. The molecule has 0 atom stereocenters. The van der Waals surface area contributed by atoms with Crippen LogP contribution in [0.2, 0.25) is 0 Å². The van der Waals surface area contributed by atoms with Crippen LogP contribution in [0.1, 0.15) is 33.8 Å². The minimum absolute atomic E-state index is 0.147. The molecule has 3 aromatic carbocycles. The second kappa shape index (κ2) is 10.6. The molecule has 0 aliphatic carbocycles. The lowest BCUT2D eigenvalue weighted by molar-refractivity contribution is 0.0953. The van der Waals surface area contributed by atoms with E-state index in [-0.39, 0.29) is 11.8 Å². The SMILES string of the molecule is O=C(NCCC(c1ccccc1)c1ccccc1)c1cn(-c2ccccc2)nc1-c1cccnc1. The Kier molecular flexibility index (Phi) is 6.76. The number of aromatic nitrogens is 3. The number of pyridine rings is 1. The van der Waals surface area contributed by atoms with E-state index in [1.54, 1.807) is 23.3 Å². The van der Waals surface area contributed by atoms with Gasteiger partial charge in [-0.05, 0) is 41.8 Å². The third-order valence-electron chi connectivity index (χ3n) is 6.04. The van der Waals surface area contributed by atoms with E-state index in [2.05, 4.69) is 58.8 Å². The van der Waals surface area contributed by atoms with Crippen molar-refractivity contribution in [2.24, 2.45) is 0 Å². The highest BCUT2D eigenvalue weighted by atomic mass is 16.1. The third-order valence-corrected chi connectivity index (χ3v) is 6.04. The van der Waals surface area contributed by atoms with E-state index in [9.17, 15) is 4.79 Å². The van der Waals surface area contributed by atoms with Gasteiger partial charge in [-0.2, -0.15) is 5.10 Å². The Morgan fingerprint density at radius 1 is 0.800 bits per heavy atom. The van der Waals surface area contributed by atoms with E-state index >= 15 is 0 Å². The number of para-hydroxylation sites is 1. The van der Waals surface area contributed by atoms with Crippen molar-refractivity contribution in [1.82, 2.24) is 20.1 Å². The Bertz CT molecular complexity index is 1330. The maximum Gasteiger partial charge on any atom is 0.255 e. The number of nitrogens with zero attached hydrogens (tertiary/aromatic N) is 3. The fourth-order valence-electron chi connectivity index (χ4n) is 4.29. The highest BCUT2D eigenvalue weighted by Crippen LogP contribution is 2.28. The lowest BCUT2D eigenvalue weighted by Crippen LogP contribution is -2.26. The minimum Gasteiger partial charge on any atom is -0.352 e. The van der Waals surface area contributed by atoms with E-state index in [0.717, 1.165) is 17.7 Å². The quantitative estimate of drug-likeness (QED) is 0.316. The topological polar surface area (TPSA) is 59.8 Å². The van der Waals surface area contributed by atoms with Crippen molar-refractivity contribution in [3.63, 3.8) is 0 Å². The van der Waals surface area contributed by atoms with Crippen LogP contribution < -0.4 is 5.32 Å². The molecule has 5 aromatic rings. The molecule has 0 fully saturated rings. The number of hydrogen-bond acceptors (Lipinski definition) is 3. The molecule has 0 bridgehead atoms. The number of benzene rings is 3. The Hall–Kier alpha value is -4.51. The van der Waals surface area contributed by atoms with Crippen LogP contribution in [0.5, 0.6) is 0 Å². The van der Waals surface area contributed by atoms with Crippen LogP contribution >= 0.6 is 0 Å². The second-order valence-corrected chi connectivity index (χ2v) is 8.33. The Morgan fingerprint density at radius 2 is 1.43 bits per heavy atom. The summed E-state index contributed by atoms with van der Waals surface area (Å²) in [5.74, 6) is 0.0495. The van der Waals surface area contributed by atoms with Gasteiger partial charge in [-0.15, -0.1) is 0 Å². The predicted octanol–water partition coefficient (Wildman–Crippen LogP) is 5.89. The fraction of sp³-hybridized carbons (Fsp3) is 0.100. The molecule has 0 spiro atoms. The largest absolute Gasteiger partial charge is 0.352 e. The zero-order valence-corrected chi connectivity index (χ0v) is 19.3. The molecule has 0 saturated carbocycles. The highest BCUT2D eigenvalue weighted by Gasteiger charge is 2.20. The molecule has 2 heterocycles. The number of nitrogens with one attached hydrogen (secondary N) is 1. The first-order valence-electron chi connectivity index (χ1n) is 11.7. The number of amides is 1. The maximum atomic E-state index is 13.4. The van der Waals surface area contributed by atoms with Gasteiger partial charge in [-0.1, -0.05) is 78.9 Å². The second-order valence-electron chi connectivity index (χ2n) is 8.33. The molecule has 0 unspecified atom stereocenters. The summed E-state index contributed by atoms with van der Waals surface area (Å²) in [6.45, 7) is 0.538. The van der Waals surface area contributed by atoms with Crippen molar-refractivity contribution in [2.75, 3.05) is 6.54 Å². The monoisotopic (exact) mass is 458 g/mol. The van der Waals surface area contributed by atoms with Gasteiger partial charge >= 0.3 is 0 Å². The van der Waals surface area contributed by atoms with Gasteiger partial charge in [0.25, 0.3) is 5.91 Å². The summed E-state index contributed by atoms with van der Waals surface area (Å²) in [6.07, 6.45) is 6.02. The fourth-order valence-corrected chi connectivity index (χ4v) is 4.29. The summed E-state index contributed by atoms with van der Waals surface area (Å²) in [5.41, 5.74) is 5.31. The van der Waals surface area contributed by atoms with Crippen molar-refractivity contribution in [3.05, 3.63) is 138 Å². The predicted molar refractivity (Wildman–Crippen MR) is 138 cm³/mol. The van der Waals surface area contributed by atoms with E-state index in [0.29, 0.717) is 17.8 Å². The molecule has 0 aliphatic rings. The summed E-state index contributed by atoms with van der Waals surface area (Å²) in [5, 5.41) is 7.86. The first-order valence-corrected chi connectivity index (χ1v) is 11.7. The Morgan fingerprint density at radius 3 is 2.03 bits per heavy atom. The molecule has 0 saturated heterocycles. The average Bonchev–Trinajstić information content (AvgIpc) is 3.39. The Labute approximate surface area is 205 Å². The molecule has 5 heteroatoms. The average molecular weight is 459 g/mol. The van der Waals surface area contributed by atoms with Gasteiger partial charge in [0.15, 0.2) is 0 Å². The van der Waals surface area contributed by atoms with Crippen molar-refractivity contribution < 1.29 is 4.79 Å². The van der Waals surface area contributed by atoms with E-state index in [1.807, 2.05) is 54.6 Å². The maximum absolute atomic E-state index is 13.4. The molecule has 1 amide bonds. The zero-order valence-electron chi connectivity index (χ0n) is 19.3. The number of carbonyl (C=O) groups excluding carboxylic acids is 1. The molecule has 5 rings (SSSR count). The van der Waals surface area contributed by atoms with Crippen LogP contribution in [0.3, 0.4) is 0 Å². The van der Waals surface area contributed by atoms with Gasteiger partial charge < -0.3 is 5.32 Å². The molecule has 1 N–H and O–H groups in total. The summed E-state index contributed by atoms with van der Waals surface area (Å²) >= 11 is 0. The normalized spacial score (nSPS) is 10.9. The molecule has 2 aromatic heterocycles. The van der Waals surface area contributed by atoms with Gasteiger partial charge in [0.05, 0.1) is 11.3 Å². The summed E-state index contributed by atoms with van der Waals surface area (Å²) in [7, 11) is 0. The van der Waals surface area contributed by atoms with E-state index < -0.39 is 0 Å². The minimum atomic E-state index is -0.147. The highest BCUT2D eigenvalue weighted by molar-refractivity contribution is 5.99. The zero-order chi connectivity index (χ0) is 23.9. The van der Waals surface area contributed by atoms with Crippen LogP contribution in [0.4, 0.5) is 0 Å². The van der Waals surface area contributed by atoms with E-state index in [4.69, 9.17) is 5.10 Å². The lowest BCUT2D eigenvalue weighted by Gasteiger charge is -2.18. The van der Waals surface area contributed by atoms with Gasteiger partial charge in [0.1, 0.15) is 5.69 Å². The first kappa shape index (κ1) is 22.3. The van der Waals surface area contributed by atoms with Crippen LogP contribution in [0.25, 0.3) is 16.9 Å². The van der Waals surface area contributed by atoms with Crippen molar-refractivity contribution in [1.29, 1.82) is 0 Å². The number of hydrogen-bond donors (Lipinski definition) is 1. The smallest absolute Gasteiger partial charge is 0.255 e. The van der Waals surface area contributed by atoms with Gasteiger partial charge in [-0.25, -0.2) is 4.68 Å². The molecule has 5 nitrogen and oxygen atoms in total. The van der Waals surface area contributed by atoms with Gasteiger partial charge in [-0.3, -0.25) is 9.78 Å². The summed E-state index contributed by atoms with van der Waals surface area (Å²) in [6, 6.07) is 34.4. The van der Waals surface area contributed by atoms with Crippen LogP contribution in [-0.4, -0.2) is 27.2 Å². The molecule has 172 valence electrons. The molecule has 35 heavy (non-hydrogen) atoms. The van der Waals surface area contributed by atoms with Crippen molar-refractivity contribution in [3.8, 4) is 16.9 Å². The molecule has 0 aliphatic heterocycles. The van der Waals surface area contributed by atoms with E-state index in [1.165, 1.54) is 11.1 Å².